The first kappa shape index (κ1) is 29.3. The van der Waals surface area contributed by atoms with Crippen LogP contribution >= 0.6 is 0 Å². The monoisotopic (exact) mass is 721 g/mol. The zero-order chi connectivity index (χ0) is 27.6. The van der Waals surface area contributed by atoms with Crippen LogP contribution in [0.1, 0.15) is 22.3 Å². The van der Waals surface area contributed by atoms with Crippen molar-refractivity contribution in [1.29, 1.82) is 0 Å². The molecule has 4 N–H and O–H groups in total. The minimum atomic E-state index is 0. The third kappa shape index (κ3) is 8.41. The molecule has 6 nitrogen and oxygen atoms in total. The van der Waals surface area contributed by atoms with Crippen LogP contribution in [0, 0.1) is 0 Å². The SMILES string of the molecule is Oc1ccc(NCc2ccccc2)cc1C=Nc1ccccc1N=Cc1cc(NCc2ccccc2)ccc1O.[Pt]. The molecule has 0 aliphatic rings. The number of anilines is 2. The van der Waals surface area contributed by atoms with E-state index in [1.807, 2.05) is 84.9 Å². The molecule has 208 valence electrons. The third-order valence-electron chi connectivity index (χ3n) is 6.30. The molecule has 0 saturated carbocycles. The number of nitrogens with one attached hydrogen (secondary N) is 2. The Morgan fingerprint density at radius 3 is 1.32 bits per heavy atom. The third-order valence-corrected chi connectivity index (χ3v) is 6.30. The molecule has 0 unspecified atom stereocenters. The van der Waals surface area contributed by atoms with Crippen LogP contribution in [0.2, 0.25) is 0 Å². The molecule has 5 rings (SSSR count). The number of para-hydroxylation sites is 2. The van der Waals surface area contributed by atoms with Gasteiger partial charge in [-0.05, 0) is 59.7 Å². The Labute approximate surface area is 254 Å². The Balaban J connectivity index is 0.00000387. The molecule has 0 bridgehead atoms. The number of hydrogen-bond acceptors (Lipinski definition) is 6. The summed E-state index contributed by atoms with van der Waals surface area (Å²) in [4.78, 5) is 9.22. The van der Waals surface area contributed by atoms with E-state index in [4.69, 9.17) is 0 Å². The van der Waals surface area contributed by atoms with Crippen LogP contribution in [0.3, 0.4) is 0 Å². The summed E-state index contributed by atoms with van der Waals surface area (Å²) >= 11 is 0. The summed E-state index contributed by atoms with van der Waals surface area (Å²) in [5.41, 5.74) is 6.55. The van der Waals surface area contributed by atoms with Crippen molar-refractivity contribution in [3.8, 4) is 11.5 Å². The minimum Gasteiger partial charge on any atom is -0.507 e. The van der Waals surface area contributed by atoms with Crippen LogP contribution in [0.25, 0.3) is 0 Å². The number of rotatable bonds is 10. The molecule has 0 saturated heterocycles. The van der Waals surface area contributed by atoms with Gasteiger partial charge in [-0.25, -0.2) is 0 Å². The average molecular weight is 722 g/mol. The van der Waals surface area contributed by atoms with Crippen LogP contribution in [0.4, 0.5) is 22.7 Å². The second kappa shape index (κ2) is 14.6. The number of phenolic OH excluding ortho intramolecular Hbond substituents is 2. The largest absolute Gasteiger partial charge is 0.507 e. The molecule has 0 aliphatic heterocycles. The molecule has 41 heavy (non-hydrogen) atoms. The first-order valence-corrected chi connectivity index (χ1v) is 13.0. The number of hydrogen-bond donors (Lipinski definition) is 4. The van der Waals surface area contributed by atoms with E-state index in [9.17, 15) is 10.2 Å². The van der Waals surface area contributed by atoms with E-state index in [1.54, 1.807) is 24.6 Å². The summed E-state index contributed by atoms with van der Waals surface area (Å²) in [7, 11) is 0. The quantitative estimate of drug-likeness (QED) is 0.0875. The van der Waals surface area contributed by atoms with Gasteiger partial charge in [0.05, 0.1) is 11.4 Å². The van der Waals surface area contributed by atoms with Crippen LogP contribution in [0.15, 0.2) is 131 Å². The molecule has 5 aromatic carbocycles. The van der Waals surface area contributed by atoms with E-state index in [0.717, 1.165) is 11.4 Å². The van der Waals surface area contributed by atoms with E-state index in [2.05, 4.69) is 44.9 Å². The van der Waals surface area contributed by atoms with E-state index in [0.29, 0.717) is 35.6 Å². The average Bonchev–Trinajstić information content (AvgIpc) is 3.00. The summed E-state index contributed by atoms with van der Waals surface area (Å²) in [6.07, 6.45) is 3.26. The molecular weight excluding hydrogens is 691 g/mol. The fourth-order valence-corrected chi connectivity index (χ4v) is 4.10. The normalized spacial score (nSPS) is 10.9. The molecule has 0 spiro atoms. The topological polar surface area (TPSA) is 89.2 Å². The van der Waals surface area contributed by atoms with Crippen molar-refractivity contribution < 1.29 is 31.3 Å². The zero-order valence-electron chi connectivity index (χ0n) is 22.2. The summed E-state index contributed by atoms with van der Waals surface area (Å²) in [6.45, 7) is 1.35. The maximum absolute atomic E-state index is 10.4. The van der Waals surface area contributed by atoms with Gasteiger partial charge in [-0.3, -0.25) is 9.98 Å². The summed E-state index contributed by atoms with van der Waals surface area (Å²) in [5, 5.41) is 27.6. The summed E-state index contributed by atoms with van der Waals surface area (Å²) < 4.78 is 0. The van der Waals surface area contributed by atoms with Crippen molar-refractivity contribution in [1.82, 2.24) is 0 Å². The van der Waals surface area contributed by atoms with Gasteiger partial charge >= 0.3 is 0 Å². The second-order valence-electron chi connectivity index (χ2n) is 9.23. The van der Waals surface area contributed by atoms with Crippen LogP contribution in [-0.4, -0.2) is 22.6 Å². The van der Waals surface area contributed by atoms with Gasteiger partial charge in [0, 0.05) is 69.1 Å². The number of benzene rings is 5. The van der Waals surface area contributed by atoms with Gasteiger partial charge in [0.1, 0.15) is 11.5 Å². The zero-order valence-corrected chi connectivity index (χ0v) is 24.5. The Morgan fingerprint density at radius 2 is 0.902 bits per heavy atom. The second-order valence-corrected chi connectivity index (χ2v) is 9.23. The number of nitrogens with zero attached hydrogens (tertiary/aromatic N) is 2. The number of aliphatic imine (C=N–C) groups is 2. The van der Waals surface area contributed by atoms with Crippen LogP contribution in [-0.2, 0) is 34.2 Å². The Kier molecular flexibility index (Phi) is 10.5. The molecule has 7 heteroatoms. The Hall–Kier alpha value is -4.67. The molecule has 0 radical (unpaired) electrons. The maximum Gasteiger partial charge on any atom is 0.124 e. The summed E-state index contributed by atoms with van der Waals surface area (Å²) in [6, 6.07) is 38.4. The van der Waals surface area contributed by atoms with E-state index in [-0.39, 0.29) is 32.6 Å². The molecular formula is C34H30N4O2Pt. The van der Waals surface area contributed by atoms with Crippen molar-refractivity contribution in [3.05, 3.63) is 144 Å². The van der Waals surface area contributed by atoms with Gasteiger partial charge in [0.15, 0.2) is 0 Å². The van der Waals surface area contributed by atoms with Crippen LogP contribution < -0.4 is 10.6 Å². The molecule has 0 fully saturated rings. The van der Waals surface area contributed by atoms with Crippen LogP contribution in [0.5, 0.6) is 11.5 Å². The van der Waals surface area contributed by atoms with E-state index in [1.165, 1.54) is 11.1 Å². The predicted octanol–water partition coefficient (Wildman–Crippen LogP) is 7.82. The molecule has 5 aromatic rings. The van der Waals surface area contributed by atoms with Gasteiger partial charge in [-0.2, -0.15) is 0 Å². The first-order valence-electron chi connectivity index (χ1n) is 13.0. The van der Waals surface area contributed by atoms with Gasteiger partial charge in [0.2, 0.25) is 0 Å². The van der Waals surface area contributed by atoms with Crippen molar-refractivity contribution in [2.75, 3.05) is 10.6 Å². The molecule has 0 atom stereocenters. The van der Waals surface area contributed by atoms with Gasteiger partial charge < -0.3 is 20.8 Å². The molecule has 0 amide bonds. The fourth-order valence-electron chi connectivity index (χ4n) is 4.10. The van der Waals surface area contributed by atoms with Gasteiger partial charge in [0.25, 0.3) is 0 Å². The fraction of sp³-hybridized carbons (Fsp3) is 0.0588. The molecule has 0 heterocycles. The van der Waals surface area contributed by atoms with Crippen molar-refractivity contribution >= 4 is 35.2 Å². The Bertz CT molecular complexity index is 1500. The van der Waals surface area contributed by atoms with E-state index >= 15 is 0 Å². The van der Waals surface area contributed by atoms with Gasteiger partial charge in [-0.1, -0.05) is 72.8 Å². The predicted molar refractivity (Wildman–Crippen MR) is 165 cm³/mol. The molecule has 0 aliphatic carbocycles. The van der Waals surface area contributed by atoms with Crippen molar-refractivity contribution in [2.24, 2.45) is 9.98 Å². The summed E-state index contributed by atoms with van der Waals surface area (Å²) in [5.74, 6) is 0.277. The smallest absolute Gasteiger partial charge is 0.124 e. The van der Waals surface area contributed by atoms with Gasteiger partial charge in [-0.15, -0.1) is 0 Å². The molecule has 0 aromatic heterocycles. The maximum atomic E-state index is 10.4. The van der Waals surface area contributed by atoms with E-state index < -0.39 is 0 Å². The van der Waals surface area contributed by atoms with Crippen molar-refractivity contribution in [3.63, 3.8) is 0 Å². The number of phenols is 2. The number of aromatic hydroxyl groups is 2. The van der Waals surface area contributed by atoms with Crippen molar-refractivity contribution in [2.45, 2.75) is 13.1 Å². The Morgan fingerprint density at radius 1 is 0.512 bits per heavy atom. The minimum absolute atomic E-state index is 0. The first-order chi connectivity index (χ1) is 19.6. The standard InChI is InChI=1S/C34H30N4O2.Pt/c39-33-17-15-29(35-21-25-9-3-1-4-10-25)19-27(33)23-37-31-13-7-8-14-32(31)38-24-28-20-30(16-18-34(28)40)36-22-26-11-5-2-6-12-26;/h1-20,23-24,35-36,39-40H,21-22H2;.